The molecule has 3 rings (SSSR count). The van der Waals surface area contributed by atoms with Gasteiger partial charge in [0.15, 0.2) is 0 Å². The zero-order valence-electron chi connectivity index (χ0n) is 11.3. The third kappa shape index (κ3) is 2.11. The summed E-state index contributed by atoms with van der Waals surface area (Å²) in [6.45, 7) is 4.02. The van der Waals surface area contributed by atoms with Crippen LogP contribution >= 0.6 is 0 Å². The van der Waals surface area contributed by atoms with Crippen LogP contribution in [0.25, 0.3) is 11.6 Å². The molecule has 1 N–H and O–H groups in total. The Labute approximate surface area is 116 Å². The van der Waals surface area contributed by atoms with Gasteiger partial charge in [-0.3, -0.25) is 4.79 Å². The van der Waals surface area contributed by atoms with Gasteiger partial charge in [0.25, 0.3) is 5.91 Å². The van der Waals surface area contributed by atoms with Crippen LogP contribution in [-0.4, -0.2) is 5.91 Å². The van der Waals surface area contributed by atoms with Crippen molar-refractivity contribution in [2.24, 2.45) is 0 Å². The number of benzene rings is 2. The normalized spacial score (nSPS) is 15.3. The van der Waals surface area contributed by atoms with Crippen LogP contribution in [0.5, 0.6) is 0 Å². The van der Waals surface area contributed by atoms with Gasteiger partial charge in [-0.05, 0) is 49.2 Å². The minimum atomic E-state index is -0.341. The molecule has 2 nitrogen and oxygen atoms in total. The number of carbonyl (C=O) groups is 1. The number of hydrogen-bond acceptors (Lipinski definition) is 1. The Morgan fingerprint density at radius 1 is 1.10 bits per heavy atom. The maximum atomic E-state index is 13.4. The van der Waals surface area contributed by atoms with E-state index < -0.39 is 0 Å². The molecule has 0 bridgehead atoms. The van der Waals surface area contributed by atoms with Crippen LogP contribution in [0.15, 0.2) is 36.4 Å². The fraction of sp³-hybridized carbons (Fsp3) is 0.118. The van der Waals surface area contributed by atoms with Crippen LogP contribution in [-0.2, 0) is 4.79 Å². The fourth-order valence-corrected chi connectivity index (χ4v) is 2.45. The van der Waals surface area contributed by atoms with Crippen molar-refractivity contribution in [1.29, 1.82) is 0 Å². The second kappa shape index (κ2) is 4.60. The number of rotatable bonds is 1. The molecule has 0 aromatic heterocycles. The van der Waals surface area contributed by atoms with Gasteiger partial charge in [-0.15, -0.1) is 0 Å². The van der Waals surface area contributed by atoms with Crippen LogP contribution in [0.2, 0.25) is 0 Å². The molecule has 0 saturated carbocycles. The van der Waals surface area contributed by atoms with Gasteiger partial charge >= 0.3 is 0 Å². The zero-order valence-corrected chi connectivity index (χ0v) is 11.3. The minimum Gasteiger partial charge on any atom is -0.321 e. The summed E-state index contributed by atoms with van der Waals surface area (Å²) in [5, 5.41) is 2.75. The second-order valence-electron chi connectivity index (χ2n) is 5.06. The Morgan fingerprint density at radius 3 is 2.65 bits per heavy atom. The molecule has 0 radical (unpaired) electrons. The molecule has 3 heteroatoms. The van der Waals surface area contributed by atoms with Crippen LogP contribution < -0.4 is 5.32 Å². The Bertz CT molecular complexity index is 747. The monoisotopic (exact) mass is 267 g/mol. The van der Waals surface area contributed by atoms with Crippen molar-refractivity contribution in [2.75, 3.05) is 5.32 Å². The molecule has 2 aromatic carbocycles. The third-order valence-electron chi connectivity index (χ3n) is 3.49. The molecular formula is C17H14FNO. The van der Waals surface area contributed by atoms with Crippen LogP contribution in [0, 0.1) is 19.7 Å². The number of halogens is 1. The summed E-state index contributed by atoms with van der Waals surface area (Å²) in [7, 11) is 0. The number of aryl methyl sites for hydroxylation is 2. The molecule has 0 aliphatic carbocycles. The molecule has 0 spiro atoms. The quantitative estimate of drug-likeness (QED) is 0.779. The summed E-state index contributed by atoms with van der Waals surface area (Å²) >= 11 is 0. The molecule has 1 heterocycles. The largest absolute Gasteiger partial charge is 0.321 e. The Hall–Kier alpha value is -2.42. The molecule has 1 amide bonds. The average Bonchev–Trinajstić information content (AvgIpc) is 2.69. The van der Waals surface area contributed by atoms with E-state index in [1.165, 1.54) is 17.7 Å². The van der Waals surface area contributed by atoms with E-state index in [1.54, 1.807) is 6.07 Å². The highest BCUT2D eigenvalue weighted by molar-refractivity contribution is 6.34. The minimum absolute atomic E-state index is 0.189. The van der Waals surface area contributed by atoms with Gasteiger partial charge in [0.05, 0.1) is 0 Å². The number of anilines is 1. The highest BCUT2D eigenvalue weighted by atomic mass is 19.1. The SMILES string of the molecule is Cc1ccc(/C=C2/C(=O)Nc3ccc(F)cc32)c(C)c1. The van der Waals surface area contributed by atoms with Gasteiger partial charge in [0, 0.05) is 16.8 Å². The lowest BCUT2D eigenvalue weighted by Gasteiger charge is -2.04. The number of carbonyl (C=O) groups excluding carboxylic acids is 1. The first-order valence-electron chi connectivity index (χ1n) is 6.45. The Balaban J connectivity index is 2.13. The van der Waals surface area contributed by atoms with E-state index in [9.17, 15) is 9.18 Å². The summed E-state index contributed by atoms with van der Waals surface area (Å²) in [4.78, 5) is 12.0. The summed E-state index contributed by atoms with van der Waals surface area (Å²) in [6, 6.07) is 10.4. The smallest absolute Gasteiger partial charge is 0.256 e. The van der Waals surface area contributed by atoms with E-state index in [4.69, 9.17) is 0 Å². The lowest BCUT2D eigenvalue weighted by Crippen LogP contribution is -2.03. The average molecular weight is 267 g/mol. The molecule has 20 heavy (non-hydrogen) atoms. The fourth-order valence-electron chi connectivity index (χ4n) is 2.45. The van der Waals surface area contributed by atoms with Crippen molar-refractivity contribution in [3.63, 3.8) is 0 Å². The predicted molar refractivity (Wildman–Crippen MR) is 78.8 cm³/mol. The molecule has 0 saturated heterocycles. The van der Waals surface area contributed by atoms with Crippen molar-refractivity contribution in [3.05, 3.63) is 64.5 Å². The van der Waals surface area contributed by atoms with E-state index >= 15 is 0 Å². The zero-order chi connectivity index (χ0) is 14.3. The topological polar surface area (TPSA) is 29.1 Å². The molecule has 1 aliphatic rings. The van der Waals surface area contributed by atoms with Gasteiger partial charge in [0.2, 0.25) is 0 Å². The molecular weight excluding hydrogens is 253 g/mol. The van der Waals surface area contributed by atoms with Crippen molar-refractivity contribution >= 4 is 23.2 Å². The van der Waals surface area contributed by atoms with E-state index in [0.29, 0.717) is 16.8 Å². The molecule has 100 valence electrons. The standard InChI is InChI=1S/C17H14FNO/c1-10-3-4-12(11(2)7-10)8-15-14-9-13(18)5-6-16(14)19-17(15)20/h3-9H,1-2H3,(H,19,20)/b15-8+. The lowest BCUT2D eigenvalue weighted by atomic mass is 10.00. The highest BCUT2D eigenvalue weighted by Gasteiger charge is 2.24. The van der Waals surface area contributed by atoms with Gasteiger partial charge < -0.3 is 5.32 Å². The number of fused-ring (bicyclic) bond motifs is 1. The highest BCUT2D eigenvalue weighted by Crippen LogP contribution is 2.33. The molecule has 0 unspecified atom stereocenters. The van der Waals surface area contributed by atoms with Crippen molar-refractivity contribution in [1.82, 2.24) is 0 Å². The van der Waals surface area contributed by atoms with Crippen molar-refractivity contribution in [2.45, 2.75) is 13.8 Å². The van der Waals surface area contributed by atoms with Crippen molar-refractivity contribution < 1.29 is 9.18 Å². The molecule has 2 aromatic rings. The lowest BCUT2D eigenvalue weighted by molar-refractivity contribution is -0.110. The number of nitrogens with one attached hydrogen (secondary N) is 1. The van der Waals surface area contributed by atoms with E-state index in [1.807, 2.05) is 32.1 Å². The van der Waals surface area contributed by atoms with Crippen LogP contribution in [0.1, 0.15) is 22.3 Å². The first-order valence-corrected chi connectivity index (χ1v) is 6.45. The molecule has 0 atom stereocenters. The Kier molecular flexibility index (Phi) is 2.90. The first-order chi connectivity index (χ1) is 9.54. The maximum absolute atomic E-state index is 13.4. The third-order valence-corrected chi connectivity index (χ3v) is 3.49. The van der Waals surface area contributed by atoms with E-state index in [-0.39, 0.29) is 11.7 Å². The second-order valence-corrected chi connectivity index (χ2v) is 5.06. The molecule has 1 aliphatic heterocycles. The summed E-state index contributed by atoms with van der Waals surface area (Å²) in [6.07, 6.45) is 1.81. The van der Waals surface area contributed by atoms with Crippen molar-refractivity contribution in [3.8, 4) is 0 Å². The van der Waals surface area contributed by atoms with Crippen LogP contribution in [0.4, 0.5) is 10.1 Å². The Morgan fingerprint density at radius 2 is 1.90 bits per heavy atom. The van der Waals surface area contributed by atoms with Gasteiger partial charge in [0.1, 0.15) is 5.82 Å². The van der Waals surface area contributed by atoms with Gasteiger partial charge in [-0.2, -0.15) is 0 Å². The summed E-state index contributed by atoms with van der Waals surface area (Å²) in [5.74, 6) is -0.530. The van der Waals surface area contributed by atoms with Gasteiger partial charge in [-0.1, -0.05) is 23.8 Å². The van der Waals surface area contributed by atoms with Gasteiger partial charge in [-0.25, -0.2) is 4.39 Å². The predicted octanol–water partition coefficient (Wildman–Crippen LogP) is 3.94. The number of hydrogen-bond donors (Lipinski definition) is 1. The first kappa shape index (κ1) is 12.6. The summed E-state index contributed by atoms with van der Waals surface area (Å²) in [5.41, 5.74) is 5.02. The maximum Gasteiger partial charge on any atom is 0.256 e. The van der Waals surface area contributed by atoms with Crippen LogP contribution in [0.3, 0.4) is 0 Å². The van der Waals surface area contributed by atoms with E-state index in [2.05, 4.69) is 11.4 Å². The molecule has 0 fully saturated rings. The van der Waals surface area contributed by atoms with E-state index in [0.717, 1.165) is 11.1 Å². The number of amides is 1. The summed E-state index contributed by atoms with van der Waals surface area (Å²) < 4.78 is 13.4.